The van der Waals surface area contributed by atoms with Crippen LogP contribution in [0, 0.1) is 11.8 Å². The van der Waals surface area contributed by atoms with E-state index in [2.05, 4.69) is 28.5 Å². The summed E-state index contributed by atoms with van der Waals surface area (Å²) in [6, 6.07) is 3.44. The first-order valence-corrected chi connectivity index (χ1v) is 8.95. The molecule has 2 heterocycles. The van der Waals surface area contributed by atoms with Crippen molar-refractivity contribution in [3.63, 3.8) is 0 Å². The summed E-state index contributed by atoms with van der Waals surface area (Å²) in [6.45, 7) is 4.57. The minimum absolute atomic E-state index is 0.0656. The van der Waals surface area contributed by atoms with Crippen molar-refractivity contribution in [2.24, 2.45) is 11.8 Å². The van der Waals surface area contributed by atoms with Gasteiger partial charge in [0.2, 0.25) is 10.0 Å². The van der Waals surface area contributed by atoms with Crippen molar-refractivity contribution in [2.75, 3.05) is 13.2 Å². The molecule has 0 aliphatic heterocycles. The highest BCUT2D eigenvalue weighted by molar-refractivity contribution is 7.89. The smallest absolute Gasteiger partial charge is 0.242 e. The predicted molar refractivity (Wildman–Crippen MR) is 85.9 cm³/mol. The molecule has 2 rings (SSSR count). The third-order valence-corrected chi connectivity index (χ3v) is 5.07. The van der Waals surface area contributed by atoms with Gasteiger partial charge in [0.1, 0.15) is 10.5 Å². The van der Waals surface area contributed by atoms with Crippen molar-refractivity contribution in [1.82, 2.24) is 14.7 Å². The summed E-state index contributed by atoms with van der Waals surface area (Å²) in [4.78, 5) is 7.18. The van der Waals surface area contributed by atoms with E-state index < -0.39 is 10.0 Å². The van der Waals surface area contributed by atoms with E-state index >= 15 is 0 Å². The second kappa shape index (κ2) is 7.21. The molecule has 1 atom stereocenters. The van der Waals surface area contributed by atoms with Crippen LogP contribution in [-0.2, 0) is 10.0 Å². The minimum Gasteiger partial charge on any atom is -0.396 e. The lowest BCUT2D eigenvalue weighted by molar-refractivity contribution is 0.243. The Bertz CT molecular complexity index is 710. The predicted octanol–water partition coefficient (Wildman–Crippen LogP) is 1.89. The van der Waals surface area contributed by atoms with Crippen LogP contribution in [0.3, 0.4) is 0 Å². The number of nitrogens with one attached hydrogen (secondary N) is 2. The molecule has 0 saturated heterocycles. The molecular formula is C15H23N3O3S. The number of hydrogen-bond acceptors (Lipinski definition) is 4. The Morgan fingerprint density at radius 3 is 2.86 bits per heavy atom. The molecule has 6 nitrogen and oxygen atoms in total. The molecule has 122 valence electrons. The molecule has 0 fully saturated rings. The van der Waals surface area contributed by atoms with Crippen LogP contribution >= 0.6 is 0 Å². The first-order chi connectivity index (χ1) is 10.4. The van der Waals surface area contributed by atoms with E-state index in [-0.39, 0.29) is 17.4 Å². The number of pyridine rings is 1. The molecule has 0 aliphatic rings. The Hall–Kier alpha value is -1.44. The first-order valence-electron chi connectivity index (χ1n) is 7.46. The van der Waals surface area contributed by atoms with Crippen molar-refractivity contribution >= 4 is 21.1 Å². The Morgan fingerprint density at radius 2 is 2.18 bits per heavy atom. The fourth-order valence-electron chi connectivity index (χ4n) is 2.61. The number of hydrogen-bond donors (Lipinski definition) is 3. The molecule has 0 saturated carbocycles. The molecule has 0 aromatic carbocycles. The first kappa shape index (κ1) is 16.9. The highest BCUT2D eigenvalue weighted by Gasteiger charge is 2.21. The summed E-state index contributed by atoms with van der Waals surface area (Å²) in [5, 5.41) is 9.69. The van der Waals surface area contributed by atoms with Crippen molar-refractivity contribution < 1.29 is 13.5 Å². The Morgan fingerprint density at radius 1 is 1.41 bits per heavy atom. The van der Waals surface area contributed by atoms with Gasteiger partial charge < -0.3 is 10.1 Å². The quantitative estimate of drug-likeness (QED) is 0.690. The summed E-state index contributed by atoms with van der Waals surface area (Å²) in [6.07, 6.45) is 4.54. The van der Waals surface area contributed by atoms with Crippen LogP contribution in [-0.4, -0.2) is 36.6 Å². The number of H-pyrrole nitrogens is 1. The third-order valence-electron chi connectivity index (χ3n) is 3.61. The van der Waals surface area contributed by atoms with Gasteiger partial charge >= 0.3 is 0 Å². The van der Waals surface area contributed by atoms with Crippen molar-refractivity contribution in [3.8, 4) is 0 Å². The monoisotopic (exact) mass is 325 g/mol. The molecule has 0 spiro atoms. The third kappa shape index (κ3) is 4.06. The second-order valence-electron chi connectivity index (χ2n) is 5.91. The van der Waals surface area contributed by atoms with E-state index in [1.165, 1.54) is 6.20 Å². The number of aromatic amines is 1. The van der Waals surface area contributed by atoms with E-state index in [0.29, 0.717) is 29.9 Å². The maximum Gasteiger partial charge on any atom is 0.242 e. The summed E-state index contributed by atoms with van der Waals surface area (Å²) in [5.41, 5.74) is 0.553. The van der Waals surface area contributed by atoms with Gasteiger partial charge in [-0.2, -0.15) is 0 Å². The van der Waals surface area contributed by atoms with Gasteiger partial charge in [0, 0.05) is 30.9 Å². The van der Waals surface area contributed by atoms with Gasteiger partial charge in [0.05, 0.1) is 0 Å². The van der Waals surface area contributed by atoms with Gasteiger partial charge in [-0.1, -0.05) is 13.8 Å². The van der Waals surface area contributed by atoms with Crippen molar-refractivity contribution in [3.05, 3.63) is 24.5 Å². The maximum absolute atomic E-state index is 12.5. The lowest BCUT2D eigenvalue weighted by atomic mass is 9.95. The number of aliphatic hydroxyl groups excluding tert-OH is 1. The molecule has 1 unspecified atom stereocenters. The largest absolute Gasteiger partial charge is 0.396 e. The summed E-state index contributed by atoms with van der Waals surface area (Å²) in [5.74, 6) is 0.585. The van der Waals surface area contributed by atoms with Gasteiger partial charge in [-0.05, 0) is 36.8 Å². The van der Waals surface area contributed by atoms with Crippen molar-refractivity contribution in [1.29, 1.82) is 0 Å². The molecule has 2 aromatic rings. The standard InChI is InChI=1S/C15H23N3O3S/c1-11(2)8-12(5-7-19)9-18-22(20,21)14-10-17-15-13(14)4-3-6-16-15/h3-4,6,10-12,18-19H,5,7-9H2,1-2H3,(H,16,17). The van der Waals surface area contributed by atoms with Gasteiger partial charge in [-0.15, -0.1) is 0 Å². The Kier molecular flexibility index (Phi) is 5.55. The zero-order valence-electron chi connectivity index (χ0n) is 12.9. The lowest BCUT2D eigenvalue weighted by Crippen LogP contribution is -2.30. The number of fused-ring (bicyclic) bond motifs is 1. The molecule has 22 heavy (non-hydrogen) atoms. The average Bonchev–Trinajstić information content (AvgIpc) is 2.89. The Labute approximate surface area is 131 Å². The van der Waals surface area contributed by atoms with Crippen LogP contribution < -0.4 is 4.72 Å². The van der Waals surface area contributed by atoms with E-state index in [0.717, 1.165) is 6.42 Å². The average molecular weight is 325 g/mol. The summed E-state index contributed by atoms with van der Waals surface area (Å²) >= 11 is 0. The number of rotatable bonds is 8. The summed E-state index contributed by atoms with van der Waals surface area (Å²) in [7, 11) is -3.60. The van der Waals surface area contributed by atoms with Crippen LogP contribution in [0.4, 0.5) is 0 Å². The maximum atomic E-state index is 12.5. The fraction of sp³-hybridized carbons (Fsp3) is 0.533. The molecule has 7 heteroatoms. The number of aliphatic hydroxyl groups is 1. The minimum atomic E-state index is -3.60. The van der Waals surface area contributed by atoms with E-state index in [4.69, 9.17) is 5.11 Å². The summed E-state index contributed by atoms with van der Waals surface area (Å²) < 4.78 is 27.6. The molecule has 0 radical (unpaired) electrons. The molecule has 0 bridgehead atoms. The molecule has 0 aliphatic carbocycles. The lowest BCUT2D eigenvalue weighted by Gasteiger charge is -2.18. The zero-order valence-corrected chi connectivity index (χ0v) is 13.7. The van der Waals surface area contributed by atoms with Crippen LogP contribution in [0.15, 0.2) is 29.4 Å². The highest BCUT2D eigenvalue weighted by atomic mass is 32.2. The number of sulfonamides is 1. The Balaban J connectivity index is 2.13. The van der Waals surface area contributed by atoms with Crippen LogP contribution in [0.2, 0.25) is 0 Å². The fourth-order valence-corrected chi connectivity index (χ4v) is 3.89. The normalized spacial score (nSPS) is 13.8. The number of nitrogens with zero attached hydrogens (tertiary/aromatic N) is 1. The topological polar surface area (TPSA) is 95.1 Å². The number of aromatic nitrogens is 2. The van der Waals surface area contributed by atoms with Gasteiger partial charge in [-0.3, -0.25) is 0 Å². The van der Waals surface area contributed by atoms with Gasteiger partial charge in [0.25, 0.3) is 0 Å². The molecule has 2 aromatic heterocycles. The highest BCUT2D eigenvalue weighted by Crippen LogP contribution is 2.21. The van der Waals surface area contributed by atoms with E-state index in [1.807, 2.05) is 0 Å². The van der Waals surface area contributed by atoms with E-state index in [9.17, 15) is 8.42 Å². The van der Waals surface area contributed by atoms with Gasteiger partial charge in [0.15, 0.2) is 0 Å². The molecule has 0 amide bonds. The van der Waals surface area contributed by atoms with Crippen LogP contribution in [0.5, 0.6) is 0 Å². The SMILES string of the molecule is CC(C)CC(CCO)CNS(=O)(=O)c1c[nH]c2ncccc12. The van der Waals surface area contributed by atoms with E-state index in [1.54, 1.807) is 18.3 Å². The zero-order chi connectivity index (χ0) is 16.2. The van der Waals surface area contributed by atoms with Crippen molar-refractivity contribution in [2.45, 2.75) is 31.6 Å². The second-order valence-corrected chi connectivity index (χ2v) is 7.65. The van der Waals surface area contributed by atoms with Crippen LogP contribution in [0.1, 0.15) is 26.7 Å². The van der Waals surface area contributed by atoms with Crippen LogP contribution in [0.25, 0.3) is 11.0 Å². The van der Waals surface area contributed by atoms with Gasteiger partial charge in [-0.25, -0.2) is 18.1 Å². The molecular weight excluding hydrogens is 302 g/mol. The molecule has 3 N–H and O–H groups in total.